The van der Waals surface area contributed by atoms with E-state index in [4.69, 9.17) is 0 Å². The number of nitrogens with zero attached hydrogens (tertiary/aromatic N) is 1. The minimum atomic E-state index is -0.105. The van der Waals surface area contributed by atoms with Gasteiger partial charge in [0.1, 0.15) is 0 Å². The largest absolute Gasteiger partial charge is 0.310 e. The van der Waals surface area contributed by atoms with Crippen LogP contribution in [0.5, 0.6) is 0 Å². The van der Waals surface area contributed by atoms with Gasteiger partial charge in [0, 0.05) is 42.5 Å². The van der Waals surface area contributed by atoms with Crippen molar-refractivity contribution in [2.75, 3.05) is 4.90 Å². The lowest BCUT2D eigenvalue weighted by Crippen LogP contribution is -2.17. The number of hydrogen-bond donors (Lipinski definition) is 0. The predicted octanol–water partition coefficient (Wildman–Crippen LogP) is 13.8. The van der Waals surface area contributed by atoms with Crippen molar-refractivity contribution in [3.05, 3.63) is 175 Å². The summed E-state index contributed by atoms with van der Waals surface area (Å²) < 4.78 is 2.61. The summed E-state index contributed by atoms with van der Waals surface area (Å²) in [4.78, 5) is 2.50. The zero-order valence-corrected chi connectivity index (χ0v) is 28.3. The third-order valence-corrected chi connectivity index (χ3v) is 11.8. The van der Waals surface area contributed by atoms with Gasteiger partial charge in [0.15, 0.2) is 0 Å². The molecule has 2 heteroatoms. The Kier molecular flexibility index (Phi) is 6.16. The van der Waals surface area contributed by atoms with E-state index in [0.717, 1.165) is 11.4 Å². The SMILES string of the molecule is CC1(C)c2ccccc2-c2ccc(N(c3ccc4ccccc4c3)c3ccc4sc5ccccc5c4c3-c3ccc4ccccc4c3)cc21. The molecule has 1 nitrogen and oxygen atoms in total. The maximum absolute atomic E-state index is 2.50. The lowest BCUT2D eigenvalue weighted by atomic mass is 9.82. The zero-order valence-electron chi connectivity index (χ0n) is 27.4. The second-order valence-corrected chi connectivity index (χ2v) is 14.8. The van der Waals surface area contributed by atoms with Crippen LogP contribution in [0.2, 0.25) is 0 Å². The standard InChI is InChI=1S/C47H33NS/c1-47(2)40-17-9-7-15-37(40)38-24-23-36(29-41(38)47)48(35-22-21-31-12-4-6-14-33(31)28-35)42-25-26-44-46(39-16-8-10-18-43(39)49-44)45(42)34-20-19-30-11-3-5-13-32(30)27-34/h3-29H,1-2H3. The molecule has 9 aromatic rings. The summed E-state index contributed by atoms with van der Waals surface area (Å²) in [6, 6.07) is 60.8. The maximum Gasteiger partial charge on any atom is 0.0547 e. The van der Waals surface area contributed by atoms with E-state index in [0.29, 0.717) is 0 Å². The highest BCUT2D eigenvalue weighted by molar-refractivity contribution is 7.26. The van der Waals surface area contributed by atoms with Crippen molar-refractivity contribution in [2.45, 2.75) is 19.3 Å². The predicted molar refractivity (Wildman–Crippen MR) is 212 cm³/mol. The fourth-order valence-electron chi connectivity index (χ4n) is 8.20. The van der Waals surface area contributed by atoms with E-state index < -0.39 is 0 Å². The molecule has 1 aliphatic rings. The normalized spacial score (nSPS) is 13.3. The van der Waals surface area contributed by atoms with Gasteiger partial charge in [-0.05, 0) is 97.9 Å². The first-order valence-corrected chi connectivity index (χ1v) is 17.8. The Morgan fingerprint density at radius 1 is 0.469 bits per heavy atom. The molecule has 0 bridgehead atoms. The molecule has 0 spiro atoms. The van der Waals surface area contributed by atoms with Crippen LogP contribution in [0, 0.1) is 0 Å². The van der Waals surface area contributed by atoms with E-state index in [-0.39, 0.29) is 5.41 Å². The number of fused-ring (bicyclic) bond motifs is 8. The smallest absolute Gasteiger partial charge is 0.0547 e. The minimum absolute atomic E-state index is 0.105. The number of rotatable bonds is 4. The van der Waals surface area contributed by atoms with Gasteiger partial charge in [-0.25, -0.2) is 0 Å². The maximum atomic E-state index is 2.50. The molecular weight excluding hydrogens is 611 g/mol. The second kappa shape index (κ2) is 10.7. The van der Waals surface area contributed by atoms with Gasteiger partial charge in [-0.15, -0.1) is 11.3 Å². The molecule has 10 rings (SSSR count). The van der Waals surface area contributed by atoms with E-state index in [2.05, 4.69) is 183 Å². The van der Waals surface area contributed by atoms with Gasteiger partial charge >= 0.3 is 0 Å². The Morgan fingerprint density at radius 2 is 1.10 bits per heavy atom. The average molecular weight is 644 g/mol. The first-order valence-electron chi connectivity index (χ1n) is 17.0. The highest BCUT2D eigenvalue weighted by Gasteiger charge is 2.36. The van der Waals surface area contributed by atoms with E-state index in [1.54, 1.807) is 0 Å². The Hall–Kier alpha value is -5.70. The van der Waals surface area contributed by atoms with Gasteiger partial charge in [-0.3, -0.25) is 0 Å². The van der Waals surface area contributed by atoms with Crippen LogP contribution in [-0.2, 0) is 5.41 Å². The molecule has 0 atom stereocenters. The summed E-state index contributed by atoms with van der Waals surface area (Å²) >= 11 is 1.88. The molecule has 0 unspecified atom stereocenters. The van der Waals surface area contributed by atoms with Crippen molar-refractivity contribution in [1.82, 2.24) is 0 Å². The third-order valence-electron chi connectivity index (χ3n) is 10.6. The molecule has 0 N–H and O–H groups in total. The number of hydrogen-bond acceptors (Lipinski definition) is 2. The zero-order chi connectivity index (χ0) is 32.7. The Labute approximate surface area is 290 Å². The summed E-state index contributed by atoms with van der Waals surface area (Å²) in [5, 5.41) is 7.59. The molecule has 0 radical (unpaired) electrons. The van der Waals surface area contributed by atoms with Crippen molar-refractivity contribution in [1.29, 1.82) is 0 Å². The van der Waals surface area contributed by atoms with Crippen molar-refractivity contribution >= 4 is 70.1 Å². The summed E-state index contributed by atoms with van der Waals surface area (Å²) in [5.41, 5.74) is 11.3. The van der Waals surface area contributed by atoms with Crippen molar-refractivity contribution < 1.29 is 0 Å². The topological polar surface area (TPSA) is 3.24 Å². The lowest BCUT2D eigenvalue weighted by molar-refractivity contribution is 0.660. The first kappa shape index (κ1) is 28.3. The molecule has 0 amide bonds. The van der Waals surface area contributed by atoms with Crippen LogP contribution in [0.15, 0.2) is 164 Å². The summed E-state index contributed by atoms with van der Waals surface area (Å²) in [6.45, 7) is 4.73. The minimum Gasteiger partial charge on any atom is -0.310 e. The molecule has 8 aromatic carbocycles. The molecule has 232 valence electrons. The second-order valence-electron chi connectivity index (χ2n) is 13.8. The molecule has 0 saturated carbocycles. The Morgan fingerprint density at radius 3 is 1.94 bits per heavy atom. The Bertz CT molecular complexity index is 2770. The van der Waals surface area contributed by atoms with Crippen molar-refractivity contribution in [2.24, 2.45) is 0 Å². The van der Waals surface area contributed by atoms with Gasteiger partial charge in [0.05, 0.1) is 5.69 Å². The molecule has 1 aromatic heterocycles. The highest BCUT2D eigenvalue weighted by Crippen LogP contribution is 2.53. The van der Waals surface area contributed by atoms with Crippen molar-refractivity contribution in [3.8, 4) is 22.3 Å². The fraction of sp³-hybridized carbons (Fsp3) is 0.0638. The average Bonchev–Trinajstić information content (AvgIpc) is 3.63. The van der Waals surface area contributed by atoms with Crippen LogP contribution >= 0.6 is 11.3 Å². The molecule has 1 heterocycles. The van der Waals surface area contributed by atoms with Gasteiger partial charge in [-0.1, -0.05) is 129 Å². The quantitative estimate of drug-likeness (QED) is 0.184. The number of benzene rings is 8. The van der Waals surface area contributed by atoms with E-state index in [1.807, 2.05) is 11.3 Å². The Balaban J connectivity index is 1.30. The number of thiophene rings is 1. The van der Waals surface area contributed by atoms with Gasteiger partial charge in [0.25, 0.3) is 0 Å². The molecule has 49 heavy (non-hydrogen) atoms. The van der Waals surface area contributed by atoms with E-state index in [1.165, 1.54) is 80.8 Å². The van der Waals surface area contributed by atoms with Crippen molar-refractivity contribution in [3.63, 3.8) is 0 Å². The van der Waals surface area contributed by atoms with Gasteiger partial charge in [-0.2, -0.15) is 0 Å². The molecule has 0 fully saturated rings. The van der Waals surface area contributed by atoms with Gasteiger partial charge < -0.3 is 4.90 Å². The third kappa shape index (κ3) is 4.31. The van der Waals surface area contributed by atoms with Crippen LogP contribution in [0.3, 0.4) is 0 Å². The lowest BCUT2D eigenvalue weighted by Gasteiger charge is -2.30. The molecular formula is C47H33NS. The summed E-state index contributed by atoms with van der Waals surface area (Å²) in [5.74, 6) is 0. The van der Waals surface area contributed by atoms with Crippen LogP contribution < -0.4 is 4.90 Å². The monoisotopic (exact) mass is 643 g/mol. The number of anilines is 3. The van der Waals surface area contributed by atoms with E-state index >= 15 is 0 Å². The first-order chi connectivity index (χ1) is 24.0. The highest BCUT2D eigenvalue weighted by atomic mass is 32.1. The molecule has 1 aliphatic carbocycles. The van der Waals surface area contributed by atoms with Crippen LogP contribution in [-0.4, -0.2) is 0 Å². The van der Waals surface area contributed by atoms with Crippen LogP contribution in [0.1, 0.15) is 25.0 Å². The van der Waals surface area contributed by atoms with E-state index in [9.17, 15) is 0 Å². The van der Waals surface area contributed by atoms with Gasteiger partial charge in [0.2, 0.25) is 0 Å². The van der Waals surface area contributed by atoms with Crippen LogP contribution in [0.4, 0.5) is 17.1 Å². The summed E-state index contributed by atoms with van der Waals surface area (Å²) in [6.07, 6.45) is 0. The molecule has 0 saturated heterocycles. The molecule has 0 aliphatic heterocycles. The fourth-order valence-corrected chi connectivity index (χ4v) is 9.32. The van der Waals surface area contributed by atoms with Crippen LogP contribution in [0.25, 0.3) is 64.0 Å². The summed E-state index contributed by atoms with van der Waals surface area (Å²) in [7, 11) is 0.